The van der Waals surface area contributed by atoms with Gasteiger partial charge in [-0.15, -0.1) is 0 Å². The SMILES string of the molecule is O=C(CN(Cc1ccc(F)cc1)S(=O)(=O)c1ccc(Cl)cc1)Nc1ccc(F)c(F)c1. The molecule has 3 aromatic rings. The van der Waals surface area contributed by atoms with Crippen LogP contribution in [0, 0.1) is 17.5 Å². The summed E-state index contributed by atoms with van der Waals surface area (Å²) in [5.74, 6) is -3.51. The normalized spacial score (nSPS) is 11.5. The van der Waals surface area contributed by atoms with Crippen LogP contribution in [0.5, 0.6) is 0 Å². The second-order valence-corrected chi connectivity index (χ2v) is 8.90. The van der Waals surface area contributed by atoms with Gasteiger partial charge in [0.1, 0.15) is 5.82 Å². The van der Waals surface area contributed by atoms with Crippen molar-refractivity contribution in [1.29, 1.82) is 0 Å². The van der Waals surface area contributed by atoms with Gasteiger partial charge in [0.25, 0.3) is 0 Å². The van der Waals surface area contributed by atoms with Crippen molar-refractivity contribution in [3.63, 3.8) is 0 Å². The lowest BCUT2D eigenvalue weighted by Crippen LogP contribution is -2.37. The summed E-state index contributed by atoms with van der Waals surface area (Å²) in [6.45, 7) is -0.849. The fraction of sp³-hybridized carbons (Fsp3) is 0.0952. The molecule has 10 heteroatoms. The Morgan fingerprint density at radius 3 is 2.16 bits per heavy atom. The second kappa shape index (κ2) is 9.51. The van der Waals surface area contributed by atoms with Gasteiger partial charge in [0.05, 0.1) is 11.4 Å². The third-order valence-electron chi connectivity index (χ3n) is 4.25. The number of benzene rings is 3. The zero-order valence-electron chi connectivity index (χ0n) is 15.9. The minimum atomic E-state index is -4.14. The average Bonchev–Trinajstić information content (AvgIpc) is 2.72. The average molecular weight is 469 g/mol. The van der Waals surface area contributed by atoms with Crippen molar-refractivity contribution in [3.8, 4) is 0 Å². The second-order valence-electron chi connectivity index (χ2n) is 6.53. The quantitative estimate of drug-likeness (QED) is 0.551. The van der Waals surface area contributed by atoms with Crippen LogP contribution in [0.1, 0.15) is 5.56 Å². The Kier molecular flexibility index (Phi) is 6.99. The Morgan fingerprint density at radius 2 is 1.55 bits per heavy atom. The number of nitrogens with zero attached hydrogens (tertiary/aromatic N) is 1. The molecule has 3 rings (SSSR count). The van der Waals surface area contributed by atoms with Gasteiger partial charge in [-0.3, -0.25) is 4.79 Å². The van der Waals surface area contributed by atoms with Gasteiger partial charge in [-0.2, -0.15) is 4.31 Å². The van der Waals surface area contributed by atoms with Gasteiger partial charge < -0.3 is 5.32 Å². The predicted molar refractivity (Wildman–Crippen MR) is 110 cm³/mol. The highest BCUT2D eigenvalue weighted by Crippen LogP contribution is 2.21. The Bertz CT molecular complexity index is 1190. The van der Waals surface area contributed by atoms with Crippen LogP contribution in [0.25, 0.3) is 0 Å². The molecular formula is C21H16ClF3N2O3S. The first-order valence-electron chi connectivity index (χ1n) is 8.90. The first-order chi connectivity index (χ1) is 14.6. The highest BCUT2D eigenvalue weighted by Gasteiger charge is 2.27. The Balaban J connectivity index is 1.87. The number of hydrogen-bond acceptors (Lipinski definition) is 3. The van der Waals surface area contributed by atoms with Crippen LogP contribution in [0.2, 0.25) is 5.02 Å². The molecule has 0 saturated carbocycles. The van der Waals surface area contributed by atoms with Gasteiger partial charge in [-0.05, 0) is 54.1 Å². The molecule has 0 unspecified atom stereocenters. The van der Waals surface area contributed by atoms with E-state index in [1.54, 1.807) is 0 Å². The fourth-order valence-corrected chi connectivity index (χ4v) is 4.22. The van der Waals surface area contributed by atoms with Crippen LogP contribution in [0.15, 0.2) is 71.6 Å². The third kappa shape index (κ3) is 5.84. The van der Waals surface area contributed by atoms with Gasteiger partial charge in [0, 0.05) is 23.3 Å². The molecule has 1 N–H and O–H groups in total. The lowest BCUT2D eigenvalue weighted by atomic mass is 10.2. The maximum atomic E-state index is 13.4. The fourth-order valence-electron chi connectivity index (χ4n) is 2.71. The highest BCUT2D eigenvalue weighted by molar-refractivity contribution is 7.89. The van der Waals surface area contributed by atoms with Gasteiger partial charge in [0.15, 0.2) is 11.6 Å². The minimum Gasteiger partial charge on any atom is -0.325 e. The number of sulfonamides is 1. The first-order valence-corrected chi connectivity index (χ1v) is 10.7. The summed E-state index contributed by atoms with van der Waals surface area (Å²) in [4.78, 5) is 12.4. The number of amides is 1. The lowest BCUT2D eigenvalue weighted by molar-refractivity contribution is -0.116. The molecule has 0 radical (unpaired) electrons. The van der Waals surface area contributed by atoms with Crippen molar-refractivity contribution in [2.24, 2.45) is 0 Å². The molecule has 0 bridgehead atoms. The monoisotopic (exact) mass is 468 g/mol. The number of carbonyl (C=O) groups is 1. The predicted octanol–water partition coefficient (Wildman–Crippen LogP) is 4.59. The standard InChI is InChI=1S/C21H16ClF3N2O3S/c22-15-3-8-18(9-4-15)31(29,30)27(12-14-1-5-16(23)6-2-14)13-21(28)26-17-7-10-19(24)20(25)11-17/h1-11H,12-13H2,(H,26,28). The Labute approximate surface area is 182 Å². The Hall–Kier alpha value is -2.88. The molecule has 162 valence electrons. The van der Waals surface area contributed by atoms with Crippen molar-refractivity contribution in [2.75, 3.05) is 11.9 Å². The largest absolute Gasteiger partial charge is 0.325 e. The van der Waals surface area contributed by atoms with E-state index in [4.69, 9.17) is 11.6 Å². The molecule has 5 nitrogen and oxygen atoms in total. The van der Waals surface area contributed by atoms with Crippen molar-refractivity contribution < 1.29 is 26.4 Å². The number of nitrogens with one attached hydrogen (secondary N) is 1. The number of anilines is 1. The van der Waals surface area contributed by atoms with E-state index in [1.165, 1.54) is 48.5 Å². The molecule has 3 aromatic carbocycles. The van der Waals surface area contributed by atoms with Crippen LogP contribution < -0.4 is 5.32 Å². The third-order valence-corrected chi connectivity index (χ3v) is 6.30. The van der Waals surface area contributed by atoms with E-state index in [-0.39, 0.29) is 17.1 Å². The first kappa shape index (κ1) is 22.8. The molecule has 0 aliphatic carbocycles. The van der Waals surface area contributed by atoms with Gasteiger partial charge in [-0.1, -0.05) is 23.7 Å². The maximum absolute atomic E-state index is 13.4. The molecule has 0 spiro atoms. The zero-order valence-corrected chi connectivity index (χ0v) is 17.4. The molecule has 0 aliphatic heterocycles. The summed E-state index contributed by atoms with van der Waals surface area (Å²) in [7, 11) is -4.14. The van der Waals surface area contributed by atoms with Crippen LogP contribution in [-0.2, 0) is 21.4 Å². The summed E-state index contributed by atoms with van der Waals surface area (Å²) >= 11 is 5.82. The number of halogens is 4. The topological polar surface area (TPSA) is 66.5 Å². The van der Waals surface area contributed by atoms with Gasteiger partial charge >= 0.3 is 0 Å². The molecular weight excluding hydrogens is 453 g/mol. The summed E-state index contributed by atoms with van der Waals surface area (Å²) in [5, 5.41) is 2.67. The molecule has 0 aliphatic rings. The van der Waals surface area contributed by atoms with E-state index >= 15 is 0 Å². The van der Waals surface area contributed by atoms with E-state index in [1.807, 2.05) is 0 Å². The molecule has 0 aromatic heterocycles. The van der Waals surface area contributed by atoms with Crippen LogP contribution in [-0.4, -0.2) is 25.2 Å². The van der Waals surface area contributed by atoms with Gasteiger partial charge in [-0.25, -0.2) is 21.6 Å². The molecule has 31 heavy (non-hydrogen) atoms. The van der Waals surface area contributed by atoms with E-state index in [2.05, 4.69) is 5.32 Å². The molecule has 1 amide bonds. The van der Waals surface area contributed by atoms with Crippen molar-refractivity contribution in [3.05, 3.63) is 94.8 Å². The van der Waals surface area contributed by atoms with Crippen LogP contribution in [0.4, 0.5) is 18.9 Å². The maximum Gasteiger partial charge on any atom is 0.243 e. The summed E-state index contributed by atoms with van der Waals surface area (Å²) in [6.07, 6.45) is 0. The van der Waals surface area contributed by atoms with Crippen LogP contribution in [0.3, 0.4) is 0 Å². The molecule has 0 atom stereocenters. The number of carbonyl (C=O) groups excluding carboxylic acids is 1. The van der Waals surface area contributed by atoms with Crippen molar-refractivity contribution in [1.82, 2.24) is 4.31 Å². The number of rotatable bonds is 7. The van der Waals surface area contributed by atoms with E-state index in [0.717, 1.165) is 22.5 Å². The smallest absolute Gasteiger partial charge is 0.243 e. The number of hydrogen-bond donors (Lipinski definition) is 1. The van der Waals surface area contributed by atoms with Crippen molar-refractivity contribution >= 4 is 33.2 Å². The van der Waals surface area contributed by atoms with Crippen molar-refractivity contribution in [2.45, 2.75) is 11.4 Å². The molecule has 0 fully saturated rings. The summed E-state index contributed by atoms with van der Waals surface area (Å²) in [6, 6.07) is 13.3. The van der Waals surface area contributed by atoms with E-state index in [0.29, 0.717) is 10.6 Å². The zero-order chi connectivity index (χ0) is 22.6. The lowest BCUT2D eigenvalue weighted by Gasteiger charge is -2.22. The van der Waals surface area contributed by atoms with Crippen LogP contribution >= 0.6 is 11.6 Å². The van der Waals surface area contributed by atoms with Gasteiger partial charge in [0.2, 0.25) is 15.9 Å². The summed E-state index contributed by atoms with van der Waals surface area (Å²) < 4.78 is 66.8. The van der Waals surface area contributed by atoms with E-state index < -0.39 is 39.9 Å². The highest BCUT2D eigenvalue weighted by atomic mass is 35.5. The molecule has 0 heterocycles. The Morgan fingerprint density at radius 1 is 0.903 bits per heavy atom. The van der Waals surface area contributed by atoms with E-state index in [9.17, 15) is 26.4 Å². The minimum absolute atomic E-state index is 0.0328. The summed E-state index contributed by atoms with van der Waals surface area (Å²) in [5.41, 5.74) is 0.411. The molecule has 0 saturated heterocycles.